The van der Waals surface area contributed by atoms with E-state index in [0.717, 1.165) is 14.9 Å². The molecule has 0 saturated heterocycles. The smallest absolute Gasteiger partial charge is 0.421 e. The van der Waals surface area contributed by atoms with Crippen LogP contribution in [0.3, 0.4) is 0 Å². The van der Waals surface area contributed by atoms with Crippen molar-refractivity contribution in [3.05, 3.63) is 61.9 Å². The minimum atomic E-state index is -1.02. The largest absolute Gasteiger partial charge is 0.443 e. The maximum absolute atomic E-state index is 13.3. The van der Waals surface area contributed by atoms with E-state index in [-0.39, 0.29) is 17.1 Å². The number of aromatic nitrogens is 2. The number of amides is 2. The maximum Gasteiger partial charge on any atom is 0.421 e. The molecule has 0 unspecified atom stereocenters. The fraction of sp³-hybridized carbons (Fsp3) is 0.286. The lowest BCUT2D eigenvalue weighted by molar-refractivity contribution is -0.119. The summed E-state index contributed by atoms with van der Waals surface area (Å²) in [5.41, 5.74) is 6.54. The van der Waals surface area contributed by atoms with Crippen molar-refractivity contribution in [1.29, 1.82) is 0 Å². The number of halogens is 2. The van der Waals surface area contributed by atoms with Crippen LogP contribution in [0, 0.1) is 0 Å². The number of hydrogen-bond donors (Lipinski definition) is 3. The molecule has 10 heteroatoms. The maximum atomic E-state index is 13.3. The first-order valence-corrected chi connectivity index (χ1v) is 10.6. The van der Waals surface area contributed by atoms with Crippen LogP contribution in [0.15, 0.2) is 45.7 Å². The average molecular weight is 510 g/mol. The van der Waals surface area contributed by atoms with Gasteiger partial charge in [0.05, 0.1) is 27.8 Å². The van der Waals surface area contributed by atoms with Crippen LogP contribution in [-0.2, 0) is 16.0 Å². The third kappa shape index (κ3) is 5.55. The summed E-state index contributed by atoms with van der Waals surface area (Å²) in [5, 5.41) is 0.161. The molecule has 0 saturated carbocycles. The molecule has 0 aliphatic heterocycles. The van der Waals surface area contributed by atoms with Crippen LogP contribution in [0.4, 0.5) is 10.5 Å². The van der Waals surface area contributed by atoms with E-state index in [4.69, 9.17) is 22.1 Å². The first-order chi connectivity index (χ1) is 14.4. The Morgan fingerprint density at radius 2 is 1.84 bits per heavy atom. The van der Waals surface area contributed by atoms with E-state index in [1.807, 2.05) is 24.3 Å². The second-order valence-corrected chi connectivity index (χ2v) is 9.34. The molecular weight excluding hydrogens is 488 g/mol. The van der Waals surface area contributed by atoms with Crippen molar-refractivity contribution in [3.8, 4) is 0 Å². The molecule has 4 N–H and O–H groups in total. The molecule has 2 amide bonds. The number of rotatable bonds is 4. The van der Waals surface area contributed by atoms with Gasteiger partial charge in [0.1, 0.15) is 5.60 Å². The number of carbonyl (C=O) groups is 2. The van der Waals surface area contributed by atoms with Crippen LogP contribution in [0.5, 0.6) is 0 Å². The van der Waals surface area contributed by atoms with Gasteiger partial charge in [0.25, 0.3) is 5.91 Å². The zero-order chi connectivity index (χ0) is 22.9. The molecule has 8 nitrogen and oxygen atoms in total. The second-order valence-electron chi connectivity index (χ2n) is 8.02. The molecular formula is C21H22BrClN4O4. The SMILES string of the molecule is CC(C)(C)OC(=O)N(C(=O)[C@@H](N)Cc1ccc(Br)cc1)c1cc(Cl)c2[nH]c(=O)[nH]c2c1. The van der Waals surface area contributed by atoms with Gasteiger partial charge in [-0.15, -0.1) is 0 Å². The Morgan fingerprint density at radius 3 is 2.45 bits per heavy atom. The predicted molar refractivity (Wildman–Crippen MR) is 123 cm³/mol. The summed E-state index contributed by atoms with van der Waals surface area (Å²) < 4.78 is 6.33. The third-order valence-corrected chi connectivity index (χ3v) is 5.13. The van der Waals surface area contributed by atoms with Crippen molar-refractivity contribution in [2.24, 2.45) is 5.73 Å². The number of nitrogens with two attached hydrogens (primary N) is 1. The average Bonchev–Trinajstić information content (AvgIpc) is 3.03. The Labute approximate surface area is 191 Å². The van der Waals surface area contributed by atoms with Crippen molar-refractivity contribution in [2.45, 2.75) is 38.8 Å². The molecule has 3 aromatic rings. The predicted octanol–water partition coefficient (Wildman–Crippen LogP) is 4.11. The highest BCUT2D eigenvalue weighted by Crippen LogP contribution is 2.29. The monoisotopic (exact) mass is 508 g/mol. The Bertz CT molecular complexity index is 1180. The van der Waals surface area contributed by atoms with Crippen LogP contribution in [0.1, 0.15) is 26.3 Å². The van der Waals surface area contributed by atoms with Crippen LogP contribution in [0.25, 0.3) is 11.0 Å². The lowest BCUT2D eigenvalue weighted by Gasteiger charge is -2.28. The van der Waals surface area contributed by atoms with E-state index >= 15 is 0 Å². The summed E-state index contributed by atoms with van der Waals surface area (Å²) in [6.07, 6.45) is -0.681. The number of ether oxygens (including phenoxy) is 1. The number of carbonyl (C=O) groups excluding carboxylic acids is 2. The molecule has 2 aromatic carbocycles. The molecule has 0 aliphatic rings. The quantitative estimate of drug-likeness (QED) is 0.489. The number of H-pyrrole nitrogens is 2. The van der Waals surface area contributed by atoms with E-state index in [9.17, 15) is 14.4 Å². The molecule has 0 aliphatic carbocycles. The van der Waals surface area contributed by atoms with Gasteiger partial charge in [-0.25, -0.2) is 14.5 Å². The van der Waals surface area contributed by atoms with E-state index in [0.29, 0.717) is 11.0 Å². The van der Waals surface area contributed by atoms with Gasteiger partial charge in [-0.1, -0.05) is 39.7 Å². The number of nitrogens with one attached hydrogen (secondary N) is 2. The van der Waals surface area contributed by atoms with Gasteiger partial charge in [0.2, 0.25) is 0 Å². The zero-order valence-corrected chi connectivity index (χ0v) is 19.5. The van der Waals surface area contributed by atoms with Crippen molar-refractivity contribution in [3.63, 3.8) is 0 Å². The molecule has 31 heavy (non-hydrogen) atoms. The molecule has 0 radical (unpaired) electrons. The van der Waals surface area contributed by atoms with Crippen LogP contribution in [-0.4, -0.2) is 33.6 Å². The van der Waals surface area contributed by atoms with Gasteiger partial charge >= 0.3 is 11.8 Å². The van der Waals surface area contributed by atoms with Crippen LogP contribution >= 0.6 is 27.5 Å². The molecule has 1 aromatic heterocycles. The highest BCUT2D eigenvalue weighted by Gasteiger charge is 2.32. The van der Waals surface area contributed by atoms with Crippen LogP contribution in [0.2, 0.25) is 5.02 Å². The van der Waals surface area contributed by atoms with Gasteiger partial charge in [0, 0.05) is 4.47 Å². The highest BCUT2D eigenvalue weighted by molar-refractivity contribution is 9.10. The lowest BCUT2D eigenvalue weighted by Crippen LogP contribution is -2.49. The fourth-order valence-electron chi connectivity index (χ4n) is 2.97. The first-order valence-electron chi connectivity index (χ1n) is 9.43. The Morgan fingerprint density at radius 1 is 1.19 bits per heavy atom. The van der Waals surface area contributed by atoms with E-state index < -0.39 is 29.3 Å². The highest BCUT2D eigenvalue weighted by atomic mass is 79.9. The summed E-state index contributed by atoms with van der Waals surface area (Å²) in [6.45, 7) is 5.07. The summed E-state index contributed by atoms with van der Waals surface area (Å²) in [5.74, 6) is -0.662. The number of imide groups is 1. The van der Waals surface area contributed by atoms with Crippen molar-refractivity contribution in [2.75, 3.05) is 4.90 Å². The number of anilines is 1. The normalized spacial score (nSPS) is 12.6. The summed E-state index contributed by atoms with van der Waals surface area (Å²) in [4.78, 5) is 43.8. The molecule has 1 heterocycles. The first kappa shape index (κ1) is 23.1. The minimum Gasteiger partial charge on any atom is -0.443 e. The minimum absolute atomic E-state index is 0.137. The summed E-state index contributed by atoms with van der Waals surface area (Å²) >= 11 is 9.63. The van der Waals surface area contributed by atoms with Crippen molar-refractivity contribution in [1.82, 2.24) is 9.97 Å². The van der Waals surface area contributed by atoms with Gasteiger partial charge in [-0.2, -0.15) is 0 Å². The van der Waals surface area contributed by atoms with Gasteiger partial charge in [0.15, 0.2) is 0 Å². The summed E-state index contributed by atoms with van der Waals surface area (Å²) in [7, 11) is 0. The number of fused-ring (bicyclic) bond motifs is 1. The number of benzene rings is 2. The molecule has 1 atom stereocenters. The number of aromatic amines is 2. The van der Waals surface area contributed by atoms with Gasteiger partial charge in [-0.05, 0) is 57.0 Å². The Balaban J connectivity index is 1.99. The third-order valence-electron chi connectivity index (χ3n) is 4.30. The second kappa shape index (κ2) is 8.86. The lowest BCUT2D eigenvalue weighted by atomic mass is 10.1. The topological polar surface area (TPSA) is 121 Å². The summed E-state index contributed by atoms with van der Waals surface area (Å²) in [6, 6.07) is 9.20. The number of imidazole rings is 1. The van der Waals surface area contributed by atoms with E-state index in [1.165, 1.54) is 12.1 Å². The molecule has 0 bridgehead atoms. The standard InChI is InChI=1S/C21H22BrClN4O4/c1-21(2,3)31-20(30)27(13-9-14(23)17-16(10-13)25-19(29)26-17)18(28)15(24)8-11-4-6-12(22)7-5-11/h4-7,9-10,15H,8,24H2,1-3H3,(H2,25,26,29)/t15-/m0/s1. The van der Waals surface area contributed by atoms with E-state index in [2.05, 4.69) is 25.9 Å². The molecule has 3 rings (SSSR count). The van der Waals surface area contributed by atoms with Gasteiger partial charge in [-0.3, -0.25) is 4.79 Å². The Kier molecular flexibility index (Phi) is 6.59. The zero-order valence-electron chi connectivity index (χ0n) is 17.2. The number of nitrogens with zero attached hydrogens (tertiary/aromatic N) is 1. The fourth-order valence-corrected chi connectivity index (χ4v) is 3.50. The van der Waals surface area contributed by atoms with E-state index in [1.54, 1.807) is 20.8 Å². The van der Waals surface area contributed by atoms with Gasteiger partial charge < -0.3 is 20.4 Å². The van der Waals surface area contributed by atoms with Crippen molar-refractivity contribution < 1.29 is 14.3 Å². The Hall–Kier alpha value is -2.62. The number of hydrogen-bond acceptors (Lipinski definition) is 5. The van der Waals surface area contributed by atoms with Crippen LogP contribution < -0.4 is 16.3 Å². The molecule has 0 spiro atoms. The molecule has 164 valence electrons. The molecule has 0 fully saturated rings. The van der Waals surface area contributed by atoms with Crippen molar-refractivity contribution >= 4 is 56.3 Å².